The molecule has 0 spiro atoms. The molecular weight excluding hydrogens is 342 g/mol. The number of rotatable bonds is 8. The molecule has 0 aliphatic carbocycles. The van der Waals surface area contributed by atoms with Crippen molar-refractivity contribution >= 4 is 15.9 Å². The number of amides is 1. The van der Waals surface area contributed by atoms with Crippen LogP contribution < -0.4 is 5.73 Å². The molecule has 1 aromatic rings. The van der Waals surface area contributed by atoms with Gasteiger partial charge in [-0.05, 0) is 29.0 Å². The topological polar surface area (TPSA) is 107 Å². The second-order valence-electron chi connectivity index (χ2n) is 7.11. The van der Waals surface area contributed by atoms with Gasteiger partial charge >= 0.3 is 6.09 Å². The maximum atomic E-state index is 12.8. The molecule has 0 saturated heterocycles. The molecule has 1 aromatic carbocycles. The number of hydrogen-bond donors (Lipinski definition) is 2. The van der Waals surface area contributed by atoms with Crippen molar-refractivity contribution in [2.75, 3.05) is 12.4 Å². The molecule has 1 unspecified atom stereocenters. The number of carbonyl (C=O) groups is 1. The minimum absolute atomic E-state index is 0.0348. The van der Waals surface area contributed by atoms with Gasteiger partial charge < -0.3 is 15.6 Å². The normalized spacial score (nSPS) is 13.5. The predicted octanol–water partition coefficient (Wildman–Crippen LogP) is 3.08. The Morgan fingerprint density at radius 3 is 2.48 bits per heavy atom. The molecule has 0 aliphatic heterocycles. The van der Waals surface area contributed by atoms with E-state index in [1.807, 2.05) is 27.7 Å². The number of unbranched alkanes of at least 4 members (excludes halogenated alkanes) is 1. The second kappa shape index (κ2) is 8.67. The number of benzene rings is 1. The molecule has 1 rings (SSSR count). The molecule has 1 atom stereocenters. The van der Waals surface area contributed by atoms with Crippen molar-refractivity contribution in [3.05, 3.63) is 29.3 Å². The van der Waals surface area contributed by atoms with E-state index in [4.69, 9.17) is 5.73 Å². The van der Waals surface area contributed by atoms with Crippen molar-refractivity contribution in [2.24, 2.45) is 5.73 Å². The van der Waals surface area contributed by atoms with Crippen LogP contribution in [0.5, 0.6) is 0 Å². The third-order valence-corrected chi connectivity index (χ3v) is 5.74. The molecule has 0 heterocycles. The van der Waals surface area contributed by atoms with Crippen LogP contribution in [0.2, 0.25) is 0 Å². The molecular formula is C18H29NO5S. The summed E-state index contributed by atoms with van der Waals surface area (Å²) in [6.07, 6.45) is -0.332. The Labute approximate surface area is 150 Å². The number of aliphatic hydroxyl groups is 1. The standard InChI is InChI=1S/C18H29NO5S/c1-5-6-12-25(22,23)15-9-7-8-13(16(15)18(2,3)4)14(20)10-11-24-17(19)21/h7-9,14,20H,5-6,10-12H2,1-4H3,(H2,19,21). The molecule has 0 bridgehead atoms. The van der Waals surface area contributed by atoms with Crippen LogP contribution in [0.1, 0.15) is 64.2 Å². The van der Waals surface area contributed by atoms with E-state index in [-0.39, 0.29) is 23.7 Å². The first-order valence-corrected chi connectivity index (χ1v) is 10.1. The van der Waals surface area contributed by atoms with Crippen molar-refractivity contribution in [2.45, 2.75) is 63.4 Å². The zero-order valence-corrected chi connectivity index (χ0v) is 16.2. The molecule has 7 heteroatoms. The summed E-state index contributed by atoms with van der Waals surface area (Å²) in [5, 5.41) is 10.5. The van der Waals surface area contributed by atoms with Crippen molar-refractivity contribution in [3.63, 3.8) is 0 Å². The number of ether oxygens (including phenoxy) is 1. The largest absolute Gasteiger partial charge is 0.450 e. The van der Waals surface area contributed by atoms with E-state index in [9.17, 15) is 18.3 Å². The number of primary amides is 1. The average molecular weight is 371 g/mol. The molecule has 3 N–H and O–H groups in total. The smallest absolute Gasteiger partial charge is 0.404 e. The van der Waals surface area contributed by atoms with Crippen LogP contribution in [0.3, 0.4) is 0 Å². The highest BCUT2D eigenvalue weighted by molar-refractivity contribution is 7.91. The molecule has 0 saturated carbocycles. The molecule has 0 radical (unpaired) electrons. The minimum atomic E-state index is -3.44. The van der Waals surface area contributed by atoms with E-state index in [0.29, 0.717) is 17.5 Å². The van der Waals surface area contributed by atoms with Gasteiger partial charge in [0.2, 0.25) is 0 Å². The lowest BCUT2D eigenvalue weighted by Gasteiger charge is -2.28. The van der Waals surface area contributed by atoms with Gasteiger partial charge in [-0.1, -0.05) is 46.2 Å². The van der Waals surface area contributed by atoms with Gasteiger partial charge in [0, 0.05) is 6.42 Å². The van der Waals surface area contributed by atoms with Gasteiger partial charge in [0.15, 0.2) is 9.84 Å². The summed E-state index contributed by atoms with van der Waals surface area (Å²) in [7, 11) is -3.44. The van der Waals surface area contributed by atoms with Crippen LogP contribution >= 0.6 is 0 Å². The van der Waals surface area contributed by atoms with E-state index < -0.39 is 27.4 Å². The quantitative estimate of drug-likeness (QED) is 0.730. The number of nitrogens with two attached hydrogens (primary N) is 1. The summed E-state index contributed by atoms with van der Waals surface area (Å²) in [5.41, 5.74) is 5.60. The Kier molecular flexibility index (Phi) is 7.44. The van der Waals surface area contributed by atoms with Gasteiger partial charge in [0.25, 0.3) is 0 Å². The highest BCUT2D eigenvalue weighted by atomic mass is 32.2. The van der Waals surface area contributed by atoms with E-state index >= 15 is 0 Å². The lowest BCUT2D eigenvalue weighted by molar-refractivity contribution is 0.110. The number of carbonyl (C=O) groups excluding carboxylic acids is 1. The fourth-order valence-electron chi connectivity index (χ4n) is 2.76. The fourth-order valence-corrected chi connectivity index (χ4v) is 4.67. The van der Waals surface area contributed by atoms with Crippen LogP contribution in [0.15, 0.2) is 23.1 Å². The molecule has 1 amide bonds. The lowest BCUT2D eigenvalue weighted by Crippen LogP contribution is -2.23. The molecule has 0 aromatic heterocycles. The summed E-state index contributed by atoms with van der Waals surface area (Å²) in [5.74, 6) is 0.0803. The first-order chi connectivity index (χ1) is 11.5. The third kappa shape index (κ3) is 6.01. The maximum Gasteiger partial charge on any atom is 0.404 e. The molecule has 142 valence electrons. The predicted molar refractivity (Wildman–Crippen MR) is 97.2 cm³/mol. The van der Waals surface area contributed by atoms with Crippen LogP contribution in [0.25, 0.3) is 0 Å². The second-order valence-corrected chi connectivity index (χ2v) is 9.19. The Morgan fingerprint density at radius 1 is 1.32 bits per heavy atom. The van der Waals surface area contributed by atoms with Crippen molar-refractivity contribution in [3.8, 4) is 0 Å². The summed E-state index contributed by atoms with van der Waals surface area (Å²) >= 11 is 0. The highest BCUT2D eigenvalue weighted by Gasteiger charge is 2.30. The minimum Gasteiger partial charge on any atom is -0.450 e. The van der Waals surface area contributed by atoms with Crippen LogP contribution in [-0.4, -0.2) is 32.0 Å². The van der Waals surface area contributed by atoms with Crippen molar-refractivity contribution < 1.29 is 23.1 Å². The van der Waals surface area contributed by atoms with Gasteiger partial charge in [-0.15, -0.1) is 0 Å². The van der Waals surface area contributed by atoms with Gasteiger partial charge in [0.1, 0.15) is 0 Å². The van der Waals surface area contributed by atoms with Crippen LogP contribution in [-0.2, 0) is 20.0 Å². The molecule has 6 nitrogen and oxygen atoms in total. The fraction of sp³-hybridized carbons (Fsp3) is 0.611. The monoisotopic (exact) mass is 371 g/mol. The molecule has 0 fully saturated rings. The lowest BCUT2D eigenvalue weighted by atomic mass is 9.82. The average Bonchev–Trinajstić information content (AvgIpc) is 2.51. The zero-order valence-electron chi connectivity index (χ0n) is 15.4. The highest BCUT2D eigenvalue weighted by Crippen LogP contribution is 2.36. The summed E-state index contributed by atoms with van der Waals surface area (Å²) < 4.78 is 30.2. The van der Waals surface area contributed by atoms with Crippen molar-refractivity contribution in [1.82, 2.24) is 0 Å². The summed E-state index contributed by atoms with van der Waals surface area (Å²) in [6.45, 7) is 7.65. The SMILES string of the molecule is CCCCS(=O)(=O)c1cccc(C(O)CCOC(N)=O)c1C(C)(C)C. The Balaban J connectivity index is 3.31. The van der Waals surface area contributed by atoms with Gasteiger partial charge in [0.05, 0.1) is 23.4 Å². The van der Waals surface area contributed by atoms with E-state index in [1.165, 1.54) is 0 Å². The van der Waals surface area contributed by atoms with Crippen LogP contribution in [0, 0.1) is 0 Å². The molecule has 0 aliphatic rings. The van der Waals surface area contributed by atoms with Gasteiger partial charge in [-0.25, -0.2) is 13.2 Å². The first kappa shape index (κ1) is 21.4. The number of sulfone groups is 1. The Bertz CT molecular complexity index is 692. The Morgan fingerprint density at radius 2 is 1.96 bits per heavy atom. The van der Waals surface area contributed by atoms with E-state index in [2.05, 4.69) is 4.74 Å². The van der Waals surface area contributed by atoms with Crippen LogP contribution in [0.4, 0.5) is 4.79 Å². The van der Waals surface area contributed by atoms with Crippen molar-refractivity contribution in [1.29, 1.82) is 0 Å². The summed E-state index contributed by atoms with van der Waals surface area (Å²) in [4.78, 5) is 10.9. The van der Waals surface area contributed by atoms with Gasteiger partial charge in [-0.2, -0.15) is 0 Å². The summed E-state index contributed by atoms with van der Waals surface area (Å²) in [6, 6.07) is 4.96. The Hall–Kier alpha value is -1.60. The van der Waals surface area contributed by atoms with E-state index in [0.717, 1.165) is 6.42 Å². The third-order valence-electron chi connectivity index (χ3n) is 3.90. The first-order valence-electron chi connectivity index (χ1n) is 8.47. The van der Waals surface area contributed by atoms with Gasteiger partial charge in [-0.3, -0.25) is 0 Å². The number of aliphatic hydroxyl groups excluding tert-OH is 1. The maximum absolute atomic E-state index is 12.8. The van der Waals surface area contributed by atoms with E-state index in [1.54, 1.807) is 18.2 Å². The number of hydrogen-bond acceptors (Lipinski definition) is 5. The zero-order chi connectivity index (χ0) is 19.3. The molecule has 25 heavy (non-hydrogen) atoms.